The van der Waals surface area contributed by atoms with Crippen LogP contribution in [-0.2, 0) is 10.2 Å². The van der Waals surface area contributed by atoms with Gasteiger partial charge in [0.05, 0.1) is 12.5 Å². The number of benzene rings is 1. The maximum Gasteiger partial charge on any atom is 0.230 e. The van der Waals surface area contributed by atoms with Crippen LogP contribution in [0.5, 0.6) is 5.75 Å². The molecule has 0 spiro atoms. The number of carbonyl (C=O) groups is 1. The first-order valence-electron chi connectivity index (χ1n) is 8.82. The number of nitrogens with one attached hydrogen (secondary N) is 1. The van der Waals surface area contributed by atoms with Crippen LogP contribution in [0.2, 0.25) is 0 Å². The third-order valence-electron chi connectivity index (χ3n) is 5.04. The number of methoxy groups -OCH3 is 1. The topological polar surface area (TPSA) is 64.3 Å². The first-order chi connectivity index (χ1) is 11.2. The Kier molecular flexibility index (Phi) is 6.46. The summed E-state index contributed by atoms with van der Waals surface area (Å²) in [4.78, 5) is 13.1. The lowest BCUT2D eigenvalue weighted by Crippen LogP contribution is -2.49. The lowest BCUT2D eigenvalue weighted by molar-refractivity contribution is -0.127. The average molecular weight is 318 g/mol. The Morgan fingerprint density at radius 2 is 2.13 bits per heavy atom. The number of ether oxygens (including phenoxy) is 1. The summed E-state index contributed by atoms with van der Waals surface area (Å²) in [7, 11) is 1.66. The van der Waals surface area contributed by atoms with Crippen molar-refractivity contribution in [3.05, 3.63) is 29.8 Å². The maximum absolute atomic E-state index is 13.1. The molecular weight excluding hydrogens is 288 g/mol. The third kappa shape index (κ3) is 4.05. The van der Waals surface area contributed by atoms with E-state index in [-0.39, 0.29) is 11.9 Å². The third-order valence-corrected chi connectivity index (χ3v) is 5.04. The van der Waals surface area contributed by atoms with Gasteiger partial charge in [-0.25, -0.2) is 0 Å². The SMILES string of the molecule is CCCCC(CN)NC(=O)C1(c2cccc(OC)c2)CCCC1. The number of unbranched alkanes of at least 4 members (excludes halogenated alkanes) is 1. The molecular formula is C19H30N2O2. The number of rotatable bonds is 8. The fourth-order valence-electron chi connectivity index (χ4n) is 3.57. The van der Waals surface area contributed by atoms with E-state index in [1.165, 1.54) is 0 Å². The van der Waals surface area contributed by atoms with Crippen LogP contribution >= 0.6 is 0 Å². The second-order valence-corrected chi connectivity index (χ2v) is 6.57. The molecule has 1 aromatic carbocycles. The predicted molar refractivity (Wildman–Crippen MR) is 93.7 cm³/mol. The summed E-state index contributed by atoms with van der Waals surface area (Å²) in [5, 5.41) is 3.22. The summed E-state index contributed by atoms with van der Waals surface area (Å²) >= 11 is 0. The molecule has 1 aliphatic carbocycles. The molecule has 0 bridgehead atoms. The van der Waals surface area contributed by atoms with E-state index in [2.05, 4.69) is 18.3 Å². The maximum atomic E-state index is 13.1. The van der Waals surface area contributed by atoms with Crippen LogP contribution < -0.4 is 15.8 Å². The van der Waals surface area contributed by atoms with Crippen molar-refractivity contribution in [3.63, 3.8) is 0 Å². The fraction of sp³-hybridized carbons (Fsp3) is 0.632. The van der Waals surface area contributed by atoms with Crippen LogP contribution in [0.25, 0.3) is 0 Å². The van der Waals surface area contributed by atoms with E-state index >= 15 is 0 Å². The lowest BCUT2D eigenvalue weighted by Gasteiger charge is -2.31. The van der Waals surface area contributed by atoms with E-state index in [4.69, 9.17) is 10.5 Å². The van der Waals surface area contributed by atoms with Gasteiger partial charge < -0.3 is 15.8 Å². The monoisotopic (exact) mass is 318 g/mol. The van der Waals surface area contributed by atoms with Crippen molar-refractivity contribution in [1.82, 2.24) is 5.32 Å². The molecule has 1 aromatic rings. The van der Waals surface area contributed by atoms with Crippen LogP contribution in [0.4, 0.5) is 0 Å². The molecule has 23 heavy (non-hydrogen) atoms. The molecule has 128 valence electrons. The summed E-state index contributed by atoms with van der Waals surface area (Å²) in [6.45, 7) is 2.66. The molecule has 1 saturated carbocycles. The van der Waals surface area contributed by atoms with Crippen molar-refractivity contribution in [3.8, 4) is 5.75 Å². The highest BCUT2D eigenvalue weighted by Crippen LogP contribution is 2.42. The van der Waals surface area contributed by atoms with Crippen LogP contribution in [-0.4, -0.2) is 25.6 Å². The largest absolute Gasteiger partial charge is 0.497 e. The highest BCUT2D eigenvalue weighted by molar-refractivity contribution is 5.89. The summed E-state index contributed by atoms with van der Waals surface area (Å²) in [5.74, 6) is 0.942. The Labute approximate surface area is 139 Å². The van der Waals surface area contributed by atoms with Gasteiger partial charge in [-0.05, 0) is 37.0 Å². The van der Waals surface area contributed by atoms with Crippen LogP contribution in [0.15, 0.2) is 24.3 Å². The van der Waals surface area contributed by atoms with Gasteiger partial charge in [-0.1, -0.05) is 44.7 Å². The molecule has 0 aromatic heterocycles. The lowest BCUT2D eigenvalue weighted by atomic mass is 9.77. The van der Waals surface area contributed by atoms with Crippen molar-refractivity contribution in [1.29, 1.82) is 0 Å². The van der Waals surface area contributed by atoms with Crippen molar-refractivity contribution < 1.29 is 9.53 Å². The minimum Gasteiger partial charge on any atom is -0.497 e. The Morgan fingerprint density at radius 3 is 2.74 bits per heavy atom. The second-order valence-electron chi connectivity index (χ2n) is 6.57. The zero-order valence-corrected chi connectivity index (χ0v) is 14.4. The van der Waals surface area contributed by atoms with Gasteiger partial charge in [0.25, 0.3) is 0 Å². The van der Waals surface area contributed by atoms with E-state index in [0.717, 1.165) is 56.3 Å². The summed E-state index contributed by atoms with van der Waals surface area (Å²) in [6.07, 6.45) is 7.14. The molecule has 1 atom stereocenters. The average Bonchev–Trinajstić information content (AvgIpc) is 3.09. The molecule has 4 nitrogen and oxygen atoms in total. The van der Waals surface area contributed by atoms with E-state index in [1.807, 2.05) is 18.2 Å². The zero-order valence-electron chi connectivity index (χ0n) is 14.4. The highest BCUT2D eigenvalue weighted by Gasteiger charge is 2.43. The highest BCUT2D eigenvalue weighted by atomic mass is 16.5. The van der Waals surface area contributed by atoms with E-state index < -0.39 is 5.41 Å². The van der Waals surface area contributed by atoms with Crippen LogP contribution in [0.3, 0.4) is 0 Å². The first kappa shape index (κ1) is 17.8. The standard InChI is InChI=1S/C19H30N2O2/c1-3-4-9-16(14-20)21-18(22)19(11-5-6-12-19)15-8-7-10-17(13-15)23-2/h7-8,10,13,16H,3-6,9,11-12,14,20H2,1-2H3,(H,21,22). The Balaban J connectivity index is 2.20. The van der Waals surface area contributed by atoms with Crippen LogP contribution in [0, 0.1) is 0 Å². The first-order valence-corrected chi connectivity index (χ1v) is 8.82. The quantitative estimate of drug-likeness (QED) is 0.774. The molecule has 2 rings (SSSR count). The summed E-state index contributed by atoms with van der Waals surface area (Å²) in [6, 6.07) is 8.03. The van der Waals surface area contributed by atoms with E-state index in [9.17, 15) is 4.79 Å². The number of hydrogen-bond acceptors (Lipinski definition) is 3. The van der Waals surface area contributed by atoms with Gasteiger partial charge in [0.1, 0.15) is 5.75 Å². The number of hydrogen-bond donors (Lipinski definition) is 2. The number of carbonyl (C=O) groups excluding carboxylic acids is 1. The van der Waals surface area contributed by atoms with Crippen molar-refractivity contribution in [2.45, 2.75) is 63.3 Å². The number of amides is 1. The van der Waals surface area contributed by atoms with Crippen molar-refractivity contribution >= 4 is 5.91 Å². The second kappa shape index (κ2) is 8.34. The van der Waals surface area contributed by atoms with Gasteiger partial charge >= 0.3 is 0 Å². The van der Waals surface area contributed by atoms with E-state index in [1.54, 1.807) is 7.11 Å². The molecule has 1 aliphatic rings. The molecule has 1 amide bonds. The Hall–Kier alpha value is -1.55. The molecule has 1 fully saturated rings. The normalized spacial score (nSPS) is 17.7. The van der Waals surface area contributed by atoms with Crippen molar-refractivity contribution in [2.75, 3.05) is 13.7 Å². The Bertz CT molecular complexity index is 510. The summed E-state index contributed by atoms with van der Waals surface area (Å²) in [5.41, 5.74) is 6.50. The molecule has 0 heterocycles. The summed E-state index contributed by atoms with van der Waals surface area (Å²) < 4.78 is 5.34. The van der Waals surface area contributed by atoms with Gasteiger partial charge in [0.2, 0.25) is 5.91 Å². The Morgan fingerprint density at radius 1 is 1.39 bits per heavy atom. The minimum atomic E-state index is -0.422. The molecule has 3 N–H and O–H groups in total. The molecule has 0 radical (unpaired) electrons. The van der Waals surface area contributed by atoms with Gasteiger partial charge in [0.15, 0.2) is 0 Å². The van der Waals surface area contributed by atoms with Gasteiger partial charge in [0, 0.05) is 12.6 Å². The van der Waals surface area contributed by atoms with Gasteiger partial charge in [-0.2, -0.15) is 0 Å². The zero-order chi connectivity index (χ0) is 16.7. The van der Waals surface area contributed by atoms with Crippen molar-refractivity contribution in [2.24, 2.45) is 5.73 Å². The number of nitrogens with two attached hydrogens (primary N) is 1. The fourth-order valence-corrected chi connectivity index (χ4v) is 3.57. The van der Waals surface area contributed by atoms with Crippen LogP contribution in [0.1, 0.15) is 57.4 Å². The smallest absolute Gasteiger partial charge is 0.230 e. The van der Waals surface area contributed by atoms with Gasteiger partial charge in [-0.3, -0.25) is 4.79 Å². The molecule has 4 heteroatoms. The molecule has 1 unspecified atom stereocenters. The predicted octanol–water partition coefficient (Wildman–Crippen LogP) is 3.14. The molecule has 0 saturated heterocycles. The minimum absolute atomic E-state index is 0.0746. The van der Waals surface area contributed by atoms with Gasteiger partial charge in [-0.15, -0.1) is 0 Å². The van der Waals surface area contributed by atoms with E-state index in [0.29, 0.717) is 6.54 Å². The molecule has 0 aliphatic heterocycles.